The topological polar surface area (TPSA) is 21.3 Å². The van der Waals surface area contributed by atoms with Crippen LogP contribution in [-0.4, -0.2) is 13.2 Å². The second-order valence-corrected chi connectivity index (χ2v) is 6.42. The van der Waals surface area contributed by atoms with Crippen LogP contribution in [0, 0.1) is 0 Å². The minimum absolute atomic E-state index is 0.417. The van der Waals surface area contributed by atoms with Crippen molar-refractivity contribution >= 4 is 11.3 Å². The molecule has 1 N–H and O–H groups in total. The molecule has 2 rings (SSSR count). The number of hydrogen-bond acceptors (Lipinski definition) is 3. The highest BCUT2D eigenvalue weighted by Gasteiger charge is 2.15. The molecule has 0 fully saturated rings. The van der Waals surface area contributed by atoms with Gasteiger partial charge in [-0.15, -0.1) is 11.3 Å². The summed E-state index contributed by atoms with van der Waals surface area (Å²) in [5, 5.41) is 5.93. The molecule has 0 spiro atoms. The van der Waals surface area contributed by atoms with Crippen LogP contribution in [-0.2, 0) is 6.42 Å². The zero-order chi connectivity index (χ0) is 15.1. The van der Waals surface area contributed by atoms with E-state index in [1.807, 2.05) is 23.5 Å². The van der Waals surface area contributed by atoms with Crippen molar-refractivity contribution in [1.29, 1.82) is 0 Å². The Balaban J connectivity index is 2.00. The normalized spacial score (nSPS) is 13.9. The molecular weight excluding hydrogens is 278 g/mol. The van der Waals surface area contributed by atoms with Gasteiger partial charge in [-0.3, -0.25) is 0 Å². The van der Waals surface area contributed by atoms with Crippen LogP contribution < -0.4 is 10.1 Å². The van der Waals surface area contributed by atoms with Gasteiger partial charge in [0.2, 0.25) is 0 Å². The molecule has 2 aromatic rings. The summed E-state index contributed by atoms with van der Waals surface area (Å²) in [4.78, 5) is 1.43. The highest BCUT2D eigenvalue weighted by atomic mass is 32.1. The van der Waals surface area contributed by atoms with Gasteiger partial charge in [-0.1, -0.05) is 37.6 Å². The summed E-state index contributed by atoms with van der Waals surface area (Å²) in [5.41, 5.74) is 1.27. The molecule has 0 aliphatic carbocycles. The van der Waals surface area contributed by atoms with E-state index in [0.29, 0.717) is 12.1 Å². The van der Waals surface area contributed by atoms with E-state index in [2.05, 4.69) is 48.8 Å². The Morgan fingerprint density at radius 2 is 2.00 bits per heavy atom. The zero-order valence-electron chi connectivity index (χ0n) is 13.1. The molecule has 0 amide bonds. The molecule has 0 saturated carbocycles. The molecule has 1 aromatic heterocycles. The largest absolute Gasteiger partial charge is 0.496 e. The van der Waals surface area contributed by atoms with Gasteiger partial charge < -0.3 is 10.1 Å². The third-order valence-electron chi connectivity index (χ3n) is 3.67. The third kappa shape index (κ3) is 4.58. The van der Waals surface area contributed by atoms with Crippen molar-refractivity contribution in [2.24, 2.45) is 0 Å². The van der Waals surface area contributed by atoms with E-state index in [4.69, 9.17) is 4.74 Å². The lowest BCUT2D eigenvalue weighted by Gasteiger charge is -2.23. The third-order valence-corrected chi connectivity index (χ3v) is 4.65. The van der Waals surface area contributed by atoms with Gasteiger partial charge in [-0.05, 0) is 42.8 Å². The monoisotopic (exact) mass is 303 g/mol. The molecule has 0 radical (unpaired) electrons. The van der Waals surface area contributed by atoms with Gasteiger partial charge in [0.1, 0.15) is 5.75 Å². The fraction of sp³-hybridized carbons (Fsp3) is 0.444. The Morgan fingerprint density at radius 3 is 2.67 bits per heavy atom. The molecule has 2 unspecified atom stereocenters. The van der Waals surface area contributed by atoms with Crippen LogP contribution >= 0.6 is 11.3 Å². The van der Waals surface area contributed by atoms with Gasteiger partial charge >= 0.3 is 0 Å². The number of rotatable bonds is 8. The van der Waals surface area contributed by atoms with E-state index in [1.165, 1.54) is 23.3 Å². The van der Waals surface area contributed by atoms with Crippen molar-refractivity contribution in [3.05, 3.63) is 52.2 Å². The summed E-state index contributed by atoms with van der Waals surface area (Å²) < 4.78 is 5.45. The highest BCUT2D eigenvalue weighted by molar-refractivity contribution is 7.10. The molecule has 3 heteroatoms. The van der Waals surface area contributed by atoms with Gasteiger partial charge in [-0.25, -0.2) is 0 Å². The number of benzene rings is 1. The maximum Gasteiger partial charge on any atom is 0.122 e. The molecule has 1 aromatic carbocycles. The second-order valence-electron chi connectivity index (χ2n) is 5.44. The van der Waals surface area contributed by atoms with Crippen LogP contribution in [0.15, 0.2) is 41.8 Å². The number of hydrogen-bond donors (Lipinski definition) is 1. The van der Waals surface area contributed by atoms with E-state index >= 15 is 0 Å². The first-order valence-corrected chi connectivity index (χ1v) is 8.54. The summed E-state index contributed by atoms with van der Waals surface area (Å²) in [6.07, 6.45) is 3.35. The van der Waals surface area contributed by atoms with Crippen LogP contribution in [0.3, 0.4) is 0 Å². The number of para-hydroxylation sites is 1. The summed E-state index contributed by atoms with van der Waals surface area (Å²) >= 11 is 1.84. The van der Waals surface area contributed by atoms with Gasteiger partial charge in [0, 0.05) is 17.0 Å². The Kier molecular flexibility index (Phi) is 6.27. The maximum absolute atomic E-state index is 5.45. The average Bonchev–Trinajstić information content (AvgIpc) is 3.01. The fourth-order valence-electron chi connectivity index (χ4n) is 2.69. The van der Waals surface area contributed by atoms with E-state index in [0.717, 1.165) is 12.2 Å². The van der Waals surface area contributed by atoms with Gasteiger partial charge in [0.15, 0.2) is 0 Å². The lowest BCUT2D eigenvalue weighted by molar-refractivity contribution is 0.398. The molecule has 2 nitrogen and oxygen atoms in total. The number of methoxy groups -OCH3 is 1. The van der Waals surface area contributed by atoms with E-state index in [1.54, 1.807) is 7.11 Å². The minimum atomic E-state index is 0.417. The number of thiophene rings is 1. The highest BCUT2D eigenvalue weighted by Crippen LogP contribution is 2.25. The molecule has 2 atom stereocenters. The number of ether oxygens (including phenoxy) is 1. The van der Waals surface area contributed by atoms with Crippen molar-refractivity contribution in [2.75, 3.05) is 7.11 Å². The van der Waals surface area contributed by atoms with Crippen LogP contribution in [0.25, 0.3) is 0 Å². The van der Waals surface area contributed by atoms with Crippen molar-refractivity contribution in [3.63, 3.8) is 0 Å². The predicted molar refractivity (Wildman–Crippen MR) is 91.3 cm³/mol. The van der Waals surface area contributed by atoms with Crippen molar-refractivity contribution in [3.8, 4) is 5.75 Å². The van der Waals surface area contributed by atoms with E-state index < -0.39 is 0 Å². The first-order chi connectivity index (χ1) is 10.2. The van der Waals surface area contributed by atoms with Crippen LogP contribution in [0.2, 0.25) is 0 Å². The second kappa shape index (κ2) is 8.20. The molecule has 0 aliphatic rings. The summed E-state index contributed by atoms with van der Waals surface area (Å²) in [6, 6.07) is 13.5. The Hall–Kier alpha value is -1.32. The Bertz CT molecular complexity index is 524. The van der Waals surface area contributed by atoms with Gasteiger partial charge in [0.05, 0.1) is 7.11 Å². The zero-order valence-corrected chi connectivity index (χ0v) is 14.0. The summed E-state index contributed by atoms with van der Waals surface area (Å²) in [5.74, 6) is 0.981. The van der Waals surface area contributed by atoms with Crippen LogP contribution in [0.1, 0.15) is 43.2 Å². The first-order valence-electron chi connectivity index (χ1n) is 7.66. The van der Waals surface area contributed by atoms with Crippen LogP contribution in [0.5, 0.6) is 5.75 Å². The summed E-state index contributed by atoms with van der Waals surface area (Å²) in [7, 11) is 1.74. The maximum atomic E-state index is 5.45. The SMILES string of the molecule is CCCC(NC(C)Cc1ccccc1OC)c1cccs1. The summed E-state index contributed by atoms with van der Waals surface area (Å²) in [6.45, 7) is 4.50. The molecule has 21 heavy (non-hydrogen) atoms. The Labute approximate surface area is 132 Å². The van der Waals surface area contributed by atoms with E-state index in [9.17, 15) is 0 Å². The molecule has 0 saturated heterocycles. The predicted octanol–water partition coefficient (Wildman–Crippen LogP) is 4.82. The fourth-order valence-corrected chi connectivity index (χ4v) is 3.51. The molecule has 0 aliphatic heterocycles. The first kappa shape index (κ1) is 16.1. The molecular formula is C18H25NOS. The molecule has 1 heterocycles. The van der Waals surface area contributed by atoms with E-state index in [-0.39, 0.29) is 0 Å². The van der Waals surface area contributed by atoms with Crippen molar-refractivity contribution < 1.29 is 4.74 Å². The van der Waals surface area contributed by atoms with Gasteiger partial charge in [-0.2, -0.15) is 0 Å². The average molecular weight is 303 g/mol. The Morgan fingerprint density at radius 1 is 1.19 bits per heavy atom. The molecule has 114 valence electrons. The molecule has 0 bridgehead atoms. The lowest BCUT2D eigenvalue weighted by Crippen LogP contribution is -2.32. The smallest absolute Gasteiger partial charge is 0.122 e. The van der Waals surface area contributed by atoms with Crippen LogP contribution in [0.4, 0.5) is 0 Å². The standard InChI is InChI=1S/C18H25NOS/c1-4-8-16(18-11-7-12-21-18)19-14(2)13-15-9-5-6-10-17(15)20-3/h5-7,9-12,14,16,19H,4,8,13H2,1-3H3. The quantitative estimate of drug-likeness (QED) is 0.755. The van der Waals surface area contributed by atoms with Crippen molar-refractivity contribution in [1.82, 2.24) is 5.32 Å². The lowest BCUT2D eigenvalue weighted by atomic mass is 10.0. The van der Waals surface area contributed by atoms with Gasteiger partial charge in [0.25, 0.3) is 0 Å². The number of nitrogens with one attached hydrogen (secondary N) is 1. The minimum Gasteiger partial charge on any atom is -0.496 e. The van der Waals surface area contributed by atoms with Crippen molar-refractivity contribution in [2.45, 2.75) is 45.2 Å².